The Labute approximate surface area is 217 Å². The number of ether oxygens (including phenoxy) is 2. The maximum atomic E-state index is 13.1. The summed E-state index contributed by atoms with van der Waals surface area (Å²) in [4.78, 5) is 74.7. The van der Waals surface area contributed by atoms with Gasteiger partial charge in [-0.2, -0.15) is 0 Å². The van der Waals surface area contributed by atoms with Crippen LogP contribution in [-0.4, -0.2) is 73.1 Å². The third-order valence-corrected chi connectivity index (χ3v) is 5.96. The first-order chi connectivity index (χ1) is 18.3. The van der Waals surface area contributed by atoms with Gasteiger partial charge in [0.2, 0.25) is 11.8 Å². The average molecular weight is 523 g/mol. The van der Waals surface area contributed by atoms with Crippen LogP contribution >= 0.6 is 0 Å². The van der Waals surface area contributed by atoms with E-state index < -0.39 is 42.2 Å². The van der Waals surface area contributed by atoms with Crippen molar-refractivity contribution >= 4 is 41.0 Å². The Balaban J connectivity index is 1.37. The van der Waals surface area contributed by atoms with Gasteiger partial charge in [0.25, 0.3) is 17.7 Å². The van der Waals surface area contributed by atoms with E-state index in [-0.39, 0.29) is 48.7 Å². The molecule has 5 amide bonds. The summed E-state index contributed by atoms with van der Waals surface area (Å²) >= 11 is 0. The van der Waals surface area contributed by atoms with Crippen molar-refractivity contribution in [2.45, 2.75) is 25.4 Å². The number of carbonyl (C=O) groups excluding carboxylic acids is 6. The Morgan fingerprint density at radius 1 is 1.05 bits per heavy atom. The summed E-state index contributed by atoms with van der Waals surface area (Å²) in [6.45, 7) is 0.153. The molecule has 38 heavy (non-hydrogen) atoms. The van der Waals surface area contributed by atoms with E-state index in [4.69, 9.17) is 9.47 Å². The first kappa shape index (κ1) is 26.6. The molecule has 0 aliphatic carbocycles. The van der Waals surface area contributed by atoms with Gasteiger partial charge in [0.05, 0.1) is 17.7 Å². The third-order valence-electron chi connectivity index (χ3n) is 5.96. The number of ketones is 1. The van der Waals surface area contributed by atoms with Crippen LogP contribution in [0.4, 0.5) is 5.69 Å². The van der Waals surface area contributed by atoms with Crippen LogP contribution in [0.2, 0.25) is 0 Å². The molecular formula is C26H26N4O8. The fourth-order valence-corrected chi connectivity index (χ4v) is 4.26. The maximum absolute atomic E-state index is 13.1. The molecule has 0 saturated carbocycles. The van der Waals surface area contributed by atoms with E-state index in [1.165, 1.54) is 25.3 Å². The number of amides is 5. The van der Waals surface area contributed by atoms with E-state index in [1.54, 1.807) is 18.2 Å². The van der Waals surface area contributed by atoms with Gasteiger partial charge in [-0.25, -0.2) is 0 Å². The summed E-state index contributed by atoms with van der Waals surface area (Å²) in [5.41, 5.74) is 1.37. The van der Waals surface area contributed by atoms with Crippen LogP contribution in [0.15, 0.2) is 42.5 Å². The van der Waals surface area contributed by atoms with Crippen molar-refractivity contribution in [1.82, 2.24) is 15.5 Å². The van der Waals surface area contributed by atoms with Crippen LogP contribution in [0.1, 0.15) is 39.1 Å². The Kier molecular flexibility index (Phi) is 8.24. The number of nitrogens with zero attached hydrogens (tertiary/aromatic N) is 1. The number of methoxy groups -OCH3 is 1. The minimum atomic E-state index is -1.10. The highest BCUT2D eigenvalue weighted by Gasteiger charge is 2.46. The number of fused-ring (bicyclic) bond motifs is 1. The zero-order chi connectivity index (χ0) is 27.2. The summed E-state index contributed by atoms with van der Waals surface area (Å²) in [5, 5.41) is 7.85. The molecule has 1 unspecified atom stereocenters. The van der Waals surface area contributed by atoms with Gasteiger partial charge in [-0.3, -0.25) is 39.0 Å². The third kappa shape index (κ3) is 5.93. The predicted octanol–water partition coefficient (Wildman–Crippen LogP) is 0.410. The smallest absolute Gasteiger partial charge is 0.266 e. The Hall–Kier alpha value is -4.42. The standard InChI is InChI=1S/C26H26N4O8/c1-37-13-17(31)12-27-11-15-4-2-5-16(10-15)28-22(33)14-38-20-7-3-6-18-23(20)26(36)30(25(18)35)19-8-9-21(32)29-24(19)34/h2-7,10,19,27H,8-9,11-14H2,1H3,(H,28,33)(H,29,32,34). The van der Waals surface area contributed by atoms with E-state index in [9.17, 15) is 28.8 Å². The van der Waals surface area contributed by atoms with Crippen molar-refractivity contribution < 1.29 is 38.2 Å². The fraction of sp³-hybridized carbons (Fsp3) is 0.308. The van der Waals surface area contributed by atoms with Gasteiger partial charge < -0.3 is 20.1 Å². The molecule has 2 heterocycles. The Morgan fingerprint density at radius 2 is 1.84 bits per heavy atom. The average Bonchev–Trinajstić information content (AvgIpc) is 3.13. The van der Waals surface area contributed by atoms with Gasteiger partial charge >= 0.3 is 0 Å². The zero-order valence-electron chi connectivity index (χ0n) is 20.6. The van der Waals surface area contributed by atoms with Crippen LogP contribution in [0.25, 0.3) is 0 Å². The molecule has 12 nitrogen and oxygen atoms in total. The van der Waals surface area contributed by atoms with Crippen molar-refractivity contribution in [1.29, 1.82) is 0 Å². The highest BCUT2D eigenvalue weighted by molar-refractivity contribution is 6.24. The summed E-state index contributed by atoms with van der Waals surface area (Å²) < 4.78 is 10.4. The zero-order valence-corrected chi connectivity index (χ0v) is 20.6. The van der Waals surface area contributed by atoms with Crippen molar-refractivity contribution in [3.63, 3.8) is 0 Å². The molecule has 12 heteroatoms. The molecule has 2 aromatic carbocycles. The van der Waals surface area contributed by atoms with E-state index in [0.29, 0.717) is 12.2 Å². The number of Topliss-reactive ketones (excluding diaryl/α,β-unsaturated/α-hetero) is 1. The van der Waals surface area contributed by atoms with E-state index in [2.05, 4.69) is 16.0 Å². The quantitative estimate of drug-likeness (QED) is 0.355. The summed E-state index contributed by atoms with van der Waals surface area (Å²) in [6, 6.07) is 10.3. The minimum Gasteiger partial charge on any atom is -0.483 e. The molecule has 3 N–H and O–H groups in total. The van der Waals surface area contributed by atoms with Crippen LogP contribution in [0, 0.1) is 0 Å². The Morgan fingerprint density at radius 3 is 2.61 bits per heavy atom. The van der Waals surface area contributed by atoms with Crippen LogP contribution in [0.5, 0.6) is 5.75 Å². The monoisotopic (exact) mass is 522 g/mol. The predicted molar refractivity (Wildman–Crippen MR) is 132 cm³/mol. The number of hydrogen-bond donors (Lipinski definition) is 3. The summed E-state index contributed by atoms with van der Waals surface area (Å²) in [6.07, 6.45) is 0.0450. The van der Waals surface area contributed by atoms with Gasteiger partial charge in [-0.05, 0) is 36.2 Å². The molecule has 1 saturated heterocycles. The van der Waals surface area contributed by atoms with Crippen LogP contribution in [0.3, 0.4) is 0 Å². The molecule has 2 aliphatic heterocycles. The van der Waals surface area contributed by atoms with E-state index >= 15 is 0 Å². The number of nitrogens with one attached hydrogen (secondary N) is 3. The molecule has 2 aliphatic rings. The van der Waals surface area contributed by atoms with Gasteiger partial charge in [0, 0.05) is 25.8 Å². The molecule has 0 aromatic heterocycles. The number of imide groups is 2. The first-order valence-electron chi connectivity index (χ1n) is 11.9. The molecule has 1 atom stereocenters. The molecule has 198 valence electrons. The largest absolute Gasteiger partial charge is 0.483 e. The minimum absolute atomic E-state index is 0.0105. The number of carbonyl (C=O) groups is 6. The lowest BCUT2D eigenvalue weighted by Crippen LogP contribution is -2.54. The second-order valence-electron chi connectivity index (χ2n) is 8.74. The van der Waals surface area contributed by atoms with Gasteiger partial charge in [0.1, 0.15) is 18.4 Å². The fourth-order valence-electron chi connectivity index (χ4n) is 4.26. The molecule has 0 radical (unpaired) electrons. The van der Waals surface area contributed by atoms with Crippen molar-refractivity contribution in [2.24, 2.45) is 0 Å². The van der Waals surface area contributed by atoms with Gasteiger partial charge in [0.15, 0.2) is 12.4 Å². The Bertz CT molecular complexity index is 1310. The summed E-state index contributed by atoms with van der Waals surface area (Å²) in [7, 11) is 1.45. The molecular weight excluding hydrogens is 496 g/mol. The first-order valence-corrected chi connectivity index (χ1v) is 11.9. The number of piperidine rings is 1. The second kappa shape index (κ2) is 11.8. The molecule has 0 bridgehead atoms. The normalized spacial score (nSPS) is 16.8. The van der Waals surface area contributed by atoms with E-state index in [1.807, 2.05) is 6.07 Å². The van der Waals surface area contributed by atoms with Crippen molar-refractivity contribution in [3.05, 3.63) is 59.2 Å². The van der Waals surface area contributed by atoms with Crippen LogP contribution in [-0.2, 0) is 30.5 Å². The molecule has 2 aromatic rings. The molecule has 1 fully saturated rings. The lowest BCUT2D eigenvalue weighted by Gasteiger charge is -2.27. The van der Waals surface area contributed by atoms with Crippen molar-refractivity contribution in [2.75, 3.05) is 32.2 Å². The number of rotatable bonds is 11. The molecule has 4 rings (SSSR count). The molecule has 0 spiro atoms. The lowest BCUT2D eigenvalue weighted by atomic mass is 10.0. The van der Waals surface area contributed by atoms with E-state index in [0.717, 1.165) is 10.5 Å². The highest BCUT2D eigenvalue weighted by atomic mass is 16.5. The highest BCUT2D eigenvalue weighted by Crippen LogP contribution is 2.33. The van der Waals surface area contributed by atoms with Crippen molar-refractivity contribution in [3.8, 4) is 5.75 Å². The number of hydrogen-bond acceptors (Lipinski definition) is 9. The second-order valence-corrected chi connectivity index (χ2v) is 8.74. The lowest BCUT2D eigenvalue weighted by molar-refractivity contribution is -0.136. The van der Waals surface area contributed by atoms with Crippen LogP contribution < -0.4 is 20.7 Å². The number of benzene rings is 2. The van der Waals surface area contributed by atoms with Gasteiger partial charge in [-0.15, -0.1) is 0 Å². The number of anilines is 1. The maximum Gasteiger partial charge on any atom is 0.266 e. The SMILES string of the molecule is COCC(=O)CNCc1cccc(NC(=O)COc2cccc3c2C(=O)N(C2CCC(=O)NC2=O)C3=O)c1. The topological polar surface area (TPSA) is 160 Å². The summed E-state index contributed by atoms with van der Waals surface area (Å²) in [5.74, 6) is -3.11. The van der Waals surface area contributed by atoms with Gasteiger partial charge in [-0.1, -0.05) is 18.2 Å².